The number of aliphatic hydroxyl groups is 1. The number of thiophene rings is 1. The van der Waals surface area contributed by atoms with E-state index in [1.807, 2.05) is 0 Å². The number of halogens is 1. The van der Waals surface area contributed by atoms with Crippen LogP contribution >= 0.6 is 27.3 Å². The molecule has 2 heterocycles. The van der Waals surface area contributed by atoms with Crippen LogP contribution in [0.5, 0.6) is 0 Å². The fourth-order valence-electron chi connectivity index (χ4n) is 2.46. The molecule has 1 fully saturated rings. The van der Waals surface area contributed by atoms with Crippen molar-refractivity contribution < 1.29 is 5.11 Å². The third-order valence-electron chi connectivity index (χ3n) is 3.45. The average molecular weight is 318 g/mol. The van der Waals surface area contributed by atoms with E-state index in [1.54, 1.807) is 11.3 Å². The van der Waals surface area contributed by atoms with Crippen molar-refractivity contribution in [1.82, 2.24) is 4.90 Å². The van der Waals surface area contributed by atoms with Crippen LogP contribution in [0.25, 0.3) is 0 Å². The van der Waals surface area contributed by atoms with Gasteiger partial charge in [0.1, 0.15) is 0 Å². The van der Waals surface area contributed by atoms with Gasteiger partial charge in [0.05, 0.1) is 5.60 Å². The van der Waals surface area contributed by atoms with Crippen molar-refractivity contribution in [3.63, 3.8) is 0 Å². The Kier molecular flexibility index (Phi) is 4.64. The van der Waals surface area contributed by atoms with Crippen molar-refractivity contribution in [1.29, 1.82) is 0 Å². The van der Waals surface area contributed by atoms with Gasteiger partial charge in [-0.05, 0) is 47.8 Å². The van der Waals surface area contributed by atoms with Crippen molar-refractivity contribution in [2.75, 3.05) is 19.6 Å². The molecule has 1 aliphatic heterocycles. The monoisotopic (exact) mass is 317 g/mol. The van der Waals surface area contributed by atoms with Gasteiger partial charge in [0.15, 0.2) is 0 Å². The second-order valence-electron chi connectivity index (χ2n) is 4.97. The Morgan fingerprint density at radius 3 is 2.71 bits per heavy atom. The quantitative estimate of drug-likeness (QED) is 0.921. The Balaban J connectivity index is 1.89. The molecule has 0 bridgehead atoms. The number of likely N-dealkylation sites (tertiary alicyclic amines) is 1. The molecule has 1 saturated heterocycles. The Hall–Kier alpha value is 0.1000. The largest absolute Gasteiger partial charge is 0.389 e. The molecular formula is C13H20BrNOS. The highest BCUT2D eigenvalue weighted by Crippen LogP contribution is 2.30. The molecule has 0 amide bonds. The number of hydrogen-bond donors (Lipinski definition) is 1. The maximum Gasteiger partial charge on any atom is 0.0720 e. The summed E-state index contributed by atoms with van der Waals surface area (Å²) in [6, 6.07) is 2.13. The van der Waals surface area contributed by atoms with Crippen molar-refractivity contribution in [2.24, 2.45) is 0 Å². The molecule has 0 aliphatic carbocycles. The summed E-state index contributed by atoms with van der Waals surface area (Å²) in [5.41, 5.74) is -0.478. The van der Waals surface area contributed by atoms with Crippen LogP contribution in [0.2, 0.25) is 0 Å². The van der Waals surface area contributed by atoms with Gasteiger partial charge in [-0.15, -0.1) is 11.3 Å². The van der Waals surface area contributed by atoms with Gasteiger partial charge in [-0.3, -0.25) is 0 Å². The minimum absolute atomic E-state index is 0.478. The molecule has 0 atom stereocenters. The van der Waals surface area contributed by atoms with Crippen LogP contribution in [0, 0.1) is 0 Å². The number of rotatable bonds is 4. The smallest absolute Gasteiger partial charge is 0.0720 e. The molecule has 1 aromatic heterocycles. The van der Waals surface area contributed by atoms with Crippen molar-refractivity contribution >= 4 is 27.3 Å². The zero-order valence-electron chi connectivity index (χ0n) is 10.3. The summed E-state index contributed by atoms with van der Waals surface area (Å²) in [5.74, 6) is 0. The summed E-state index contributed by atoms with van der Waals surface area (Å²) >= 11 is 5.20. The third-order valence-corrected chi connectivity index (χ3v) is 5.15. The number of piperidine rings is 1. The molecule has 0 unspecified atom stereocenters. The summed E-state index contributed by atoms with van der Waals surface area (Å²) in [6.45, 7) is 5.46. The van der Waals surface area contributed by atoms with E-state index in [2.05, 4.69) is 39.2 Å². The van der Waals surface area contributed by atoms with Crippen LogP contribution in [0.3, 0.4) is 0 Å². The highest BCUT2D eigenvalue weighted by atomic mass is 79.9. The number of hydrogen-bond acceptors (Lipinski definition) is 3. The molecule has 0 saturated carbocycles. The first-order valence-electron chi connectivity index (χ1n) is 6.29. The lowest BCUT2D eigenvalue weighted by Gasteiger charge is -2.38. The van der Waals surface area contributed by atoms with Gasteiger partial charge in [0.2, 0.25) is 0 Å². The minimum atomic E-state index is -0.478. The molecule has 2 rings (SSSR count). The lowest BCUT2D eigenvalue weighted by Crippen LogP contribution is -2.45. The third kappa shape index (κ3) is 3.78. The van der Waals surface area contributed by atoms with E-state index in [9.17, 15) is 5.11 Å². The van der Waals surface area contributed by atoms with E-state index < -0.39 is 5.60 Å². The van der Waals surface area contributed by atoms with Crippen molar-refractivity contribution in [3.05, 3.63) is 20.8 Å². The predicted octanol–water partition coefficient (Wildman–Crippen LogP) is 3.29. The second-order valence-corrected chi connectivity index (χ2v) is 6.89. The summed E-state index contributed by atoms with van der Waals surface area (Å²) in [6.07, 6.45) is 3.82. The summed E-state index contributed by atoms with van der Waals surface area (Å²) in [7, 11) is 0. The van der Waals surface area contributed by atoms with E-state index in [-0.39, 0.29) is 0 Å². The standard InChI is InChI=1S/C13H20BrNOS/c1-2-5-15-6-3-13(16,4-7-15)9-12-8-11(14)10-17-12/h8,10,16H,2-7,9H2,1H3. The van der Waals surface area contributed by atoms with E-state index in [0.717, 1.165) is 36.8 Å². The lowest BCUT2D eigenvalue weighted by atomic mass is 9.87. The van der Waals surface area contributed by atoms with Crippen LogP contribution < -0.4 is 0 Å². The molecule has 0 radical (unpaired) electrons. The SMILES string of the molecule is CCCN1CCC(O)(Cc2cc(Br)cs2)CC1. The predicted molar refractivity (Wildman–Crippen MR) is 76.6 cm³/mol. The van der Waals surface area contributed by atoms with E-state index in [1.165, 1.54) is 17.8 Å². The van der Waals surface area contributed by atoms with Gasteiger partial charge in [-0.2, -0.15) is 0 Å². The molecule has 4 heteroatoms. The molecule has 17 heavy (non-hydrogen) atoms. The van der Waals surface area contributed by atoms with Crippen LogP contribution in [0.1, 0.15) is 31.1 Å². The van der Waals surface area contributed by atoms with Gasteiger partial charge >= 0.3 is 0 Å². The van der Waals surface area contributed by atoms with Crippen molar-refractivity contribution in [2.45, 2.75) is 38.2 Å². The van der Waals surface area contributed by atoms with Crippen LogP contribution in [-0.2, 0) is 6.42 Å². The highest BCUT2D eigenvalue weighted by molar-refractivity contribution is 9.10. The first kappa shape index (κ1) is 13.5. The maximum absolute atomic E-state index is 10.6. The van der Waals surface area contributed by atoms with E-state index in [4.69, 9.17) is 0 Å². The van der Waals surface area contributed by atoms with E-state index >= 15 is 0 Å². The summed E-state index contributed by atoms with van der Waals surface area (Å²) in [4.78, 5) is 3.74. The van der Waals surface area contributed by atoms with E-state index in [0.29, 0.717) is 0 Å². The van der Waals surface area contributed by atoms with Crippen LogP contribution in [0.4, 0.5) is 0 Å². The van der Waals surface area contributed by atoms with Gasteiger partial charge in [-0.25, -0.2) is 0 Å². The molecule has 0 aromatic carbocycles. The first-order valence-corrected chi connectivity index (χ1v) is 7.96. The second kappa shape index (κ2) is 5.83. The molecule has 96 valence electrons. The summed E-state index contributed by atoms with van der Waals surface area (Å²) in [5, 5.41) is 12.7. The van der Waals surface area contributed by atoms with Gasteiger partial charge in [-0.1, -0.05) is 6.92 Å². The lowest BCUT2D eigenvalue weighted by molar-refractivity contribution is -0.0199. The average Bonchev–Trinajstić information content (AvgIpc) is 2.68. The number of nitrogens with zero attached hydrogens (tertiary/aromatic N) is 1. The minimum Gasteiger partial charge on any atom is -0.389 e. The maximum atomic E-state index is 10.6. The molecule has 0 spiro atoms. The highest BCUT2D eigenvalue weighted by Gasteiger charge is 2.32. The molecular weight excluding hydrogens is 298 g/mol. The molecule has 2 nitrogen and oxygen atoms in total. The van der Waals surface area contributed by atoms with Crippen molar-refractivity contribution in [3.8, 4) is 0 Å². The van der Waals surface area contributed by atoms with Crippen LogP contribution in [0.15, 0.2) is 15.9 Å². The Labute approximate surface area is 116 Å². The zero-order valence-corrected chi connectivity index (χ0v) is 12.7. The molecule has 1 aromatic rings. The fourth-order valence-corrected chi connectivity index (χ4v) is 4.04. The normalized spacial score (nSPS) is 20.6. The van der Waals surface area contributed by atoms with Gasteiger partial charge < -0.3 is 10.0 Å². The van der Waals surface area contributed by atoms with Gasteiger partial charge in [0.25, 0.3) is 0 Å². The molecule has 1 N–H and O–H groups in total. The molecule has 1 aliphatic rings. The first-order chi connectivity index (χ1) is 8.11. The Morgan fingerprint density at radius 1 is 1.47 bits per heavy atom. The topological polar surface area (TPSA) is 23.5 Å². The Bertz CT molecular complexity index is 358. The summed E-state index contributed by atoms with van der Waals surface area (Å²) < 4.78 is 1.13. The van der Waals surface area contributed by atoms with Crippen LogP contribution in [-0.4, -0.2) is 35.2 Å². The Morgan fingerprint density at radius 2 is 2.18 bits per heavy atom. The van der Waals surface area contributed by atoms with Gasteiger partial charge in [0, 0.05) is 34.2 Å². The zero-order chi connectivity index (χ0) is 12.3. The fraction of sp³-hybridized carbons (Fsp3) is 0.692.